The maximum atomic E-state index is 11.0. The van der Waals surface area contributed by atoms with Crippen LogP contribution in [0, 0.1) is 0 Å². The van der Waals surface area contributed by atoms with Crippen molar-refractivity contribution in [2.24, 2.45) is 0 Å². The summed E-state index contributed by atoms with van der Waals surface area (Å²) in [6.45, 7) is 6.25. The smallest absolute Gasteiger partial charge is 0.217 e. The Labute approximate surface area is 108 Å². The van der Waals surface area contributed by atoms with Crippen molar-refractivity contribution >= 4 is 17.5 Å². The molecule has 0 saturated carbocycles. The fourth-order valence-corrected chi connectivity index (χ4v) is 2.25. The van der Waals surface area contributed by atoms with E-state index in [4.69, 9.17) is 0 Å². The monoisotopic (exact) mass is 248 g/mol. The van der Waals surface area contributed by atoms with Gasteiger partial charge in [0.25, 0.3) is 0 Å². The number of carbonyl (C=O) groups excluding carboxylic acids is 1. The standard InChI is InChI=1S/C13H20N4O/c1-3-14-12-5-4-6-13(16-12)17-8-7-11(9-17)15-10(2)18/h4-6,11H,3,7-9H2,1-2H3,(H,14,16)(H,15,18). The lowest BCUT2D eigenvalue weighted by atomic mass is 10.3. The molecule has 0 spiro atoms. The summed E-state index contributed by atoms with van der Waals surface area (Å²) in [5.74, 6) is 1.91. The van der Waals surface area contributed by atoms with Gasteiger partial charge in [-0.05, 0) is 25.5 Å². The average molecular weight is 248 g/mol. The van der Waals surface area contributed by atoms with E-state index >= 15 is 0 Å². The molecule has 1 aliphatic heterocycles. The van der Waals surface area contributed by atoms with E-state index in [9.17, 15) is 4.79 Å². The zero-order valence-electron chi connectivity index (χ0n) is 10.9. The molecule has 18 heavy (non-hydrogen) atoms. The average Bonchev–Trinajstić information content (AvgIpc) is 2.77. The molecule has 1 amide bonds. The predicted molar refractivity (Wildman–Crippen MR) is 72.8 cm³/mol. The molecule has 1 aliphatic rings. The van der Waals surface area contributed by atoms with E-state index in [-0.39, 0.29) is 11.9 Å². The number of hydrogen-bond donors (Lipinski definition) is 2. The van der Waals surface area contributed by atoms with Crippen LogP contribution in [0.2, 0.25) is 0 Å². The first-order chi connectivity index (χ1) is 8.69. The topological polar surface area (TPSA) is 57.3 Å². The van der Waals surface area contributed by atoms with Crippen LogP contribution in [0.3, 0.4) is 0 Å². The van der Waals surface area contributed by atoms with E-state index in [0.717, 1.165) is 37.7 Å². The van der Waals surface area contributed by atoms with Crippen LogP contribution in [-0.4, -0.2) is 36.6 Å². The van der Waals surface area contributed by atoms with Crippen molar-refractivity contribution in [3.05, 3.63) is 18.2 Å². The Morgan fingerprint density at radius 3 is 3.11 bits per heavy atom. The van der Waals surface area contributed by atoms with Crippen molar-refractivity contribution in [1.29, 1.82) is 0 Å². The molecule has 5 heteroatoms. The zero-order valence-corrected chi connectivity index (χ0v) is 10.9. The van der Waals surface area contributed by atoms with Crippen LogP contribution in [-0.2, 0) is 4.79 Å². The molecule has 0 aromatic carbocycles. The van der Waals surface area contributed by atoms with E-state index in [0.29, 0.717) is 0 Å². The molecule has 1 atom stereocenters. The van der Waals surface area contributed by atoms with Gasteiger partial charge in [-0.25, -0.2) is 4.98 Å². The minimum Gasteiger partial charge on any atom is -0.370 e. The van der Waals surface area contributed by atoms with E-state index in [2.05, 4.69) is 27.4 Å². The molecule has 2 rings (SSSR count). The number of rotatable bonds is 4. The maximum Gasteiger partial charge on any atom is 0.217 e. The van der Waals surface area contributed by atoms with Gasteiger partial charge in [-0.2, -0.15) is 0 Å². The lowest BCUT2D eigenvalue weighted by Crippen LogP contribution is -2.35. The van der Waals surface area contributed by atoms with Crippen molar-refractivity contribution in [3.63, 3.8) is 0 Å². The molecule has 2 N–H and O–H groups in total. The third kappa shape index (κ3) is 3.12. The number of pyridine rings is 1. The highest BCUT2D eigenvalue weighted by Crippen LogP contribution is 2.19. The van der Waals surface area contributed by atoms with Crippen LogP contribution in [0.25, 0.3) is 0 Å². The summed E-state index contributed by atoms with van der Waals surface area (Å²) >= 11 is 0. The second-order valence-electron chi connectivity index (χ2n) is 4.54. The molecular formula is C13H20N4O. The quantitative estimate of drug-likeness (QED) is 0.841. The van der Waals surface area contributed by atoms with E-state index < -0.39 is 0 Å². The highest BCUT2D eigenvalue weighted by Gasteiger charge is 2.23. The Hall–Kier alpha value is -1.78. The molecule has 0 aliphatic carbocycles. The highest BCUT2D eigenvalue weighted by molar-refractivity contribution is 5.73. The molecule has 2 heterocycles. The van der Waals surface area contributed by atoms with E-state index in [1.807, 2.05) is 18.2 Å². The summed E-state index contributed by atoms with van der Waals surface area (Å²) in [4.78, 5) is 17.8. The Morgan fingerprint density at radius 1 is 1.56 bits per heavy atom. The van der Waals surface area contributed by atoms with Gasteiger partial charge in [0, 0.05) is 32.6 Å². The third-order valence-electron chi connectivity index (χ3n) is 3.01. The second kappa shape index (κ2) is 5.71. The number of carbonyl (C=O) groups is 1. The highest BCUT2D eigenvalue weighted by atomic mass is 16.1. The number of aromatic nitrogens is 1. The molecule has 1 unspecified atom stereocenters. The van der Waals surface area contributed by atoms with E-state index in [1.54, 1.807) is 6.92 Å². The van der Waals surface area contributed by atoms with Crippen LogP contribution in [0.5, 0.6) is 0 Å². The van der Waals surface area contributed by atoms with Gasteiger partial charge in [0.2, 0.25) is 5.91 Å². The summed E-state index contributed by atoms with van der Waals surface area (Å²) in [6, 6.07) is 6.23. The maximum absolute atomic E-state index is 11.0. The van der Waals surface area contributed by atoms with Gasteiger partial charge in [0.05, 0.1) is 0 Å². The van der Waals surface area contributed by atoms with Crippen LogP contribution < -0.4 is 15.5 Å². The second-order valence-corrected chi connectivity index (χ2v) is 4.54. The normalized spacial score (nSPS) is 18.8. The molecule has 98 valence electrons. The molecule has 0 bridgehead atoms. The summed E-state index contributed by atoms with van der Waals surface area (Å²) in [5.41, 5.74) is 0. The molecule has 1 fully saturated rings. The van der Waals surface area contributed by atoms with E-state index in [1.165, 1.54) is 0 Å². The summed E-state index contributed by atoms with van der Waals surface area (Å²) in [7, 11) is 0. The van der Waals surface area contributed by atoms with Crippen molar-refractivity contribution in [3.8, 4) is 0 Å². The van der Waals surface area contributed by atoms with Gasteiger partial charge in [0.1, 0.15) is 11.6 Å². The summed E-state index contributed by atoms with van der Waals surface area (Å²) < 4.78 is 0. The SMILES string of the molecule is CCNc1cccc(N2CCC(NC(C)=O)C2)n1. The van der Waals surface area contributed by atoms with Crippen molar-refractivity contribution < 1.29 is 4.79 Å². The van der Waals surface area contributed by atoms with Crippen molar-refractivity contribution in [2.75, 3.05) is 29.9 Å². The molecule has 0 radical (unpaired) electrons. The summed E-state index contributed by atoms with van der Waals surface area (Å²) in [5, 5.41) is 6.16. The van der Waals surface area contributed by atoms with Gasteiger partial charge in [-0.3, -0.25) is 4.79 Å². The Bertz CT molecular complexity index is 421. The van der Waals surface area contributed by atoms with Gasteiger partial charge in [-0.1, -0.05) is 6.07 Å². The number of amides is 1. The Balaban J connectivity index is 2.00. The van der Waals surface area contributed by atoms with Crippen LogP contribution >= 0.6 is 0 Å². The lowest BCUT2D eigenvalue weighted by Gasteiger charge is -2.18. The number of hydrogen-bond acceptors (Lipinski definition) is 4. The minimum atomic E-state index is 0.0382. The van der Waals surface area contributed by atoms with Gasteiger partial charge in [-0.15, -0.1) is 0 Å². The van der Waals surface area contributed by atoms with Gasteiger partial charge < -0.3 is 15.5 Å². The molecule has 1 aromatic rings. The van der Waals surface area contributed by atoms with Crippen LogP contribution in [0.15, 0.2) is 18.2 Å². The third-order valence-corrected chi connectivity index (χ3v) is 3.01. The van der Waals surface area contributed by atoms with Crippen molar-refractivity contribution in [1.82, 2.24) is 10.3 Å². The predicted octanol–water partition coefficient (Wildman–Crippen LogP) is 1.23. The van der Waals surface area contributed by atoms with Gasteiger partial charge >= 0.3 is 0 Å². The minimum absolute atomic E-state index is 0.0382. The zero-order chi connectivity index (χ0) is 13.0. The molecule has 1 aromatic heterocycles. The fraction of sp³-hybridized carbons (Fsp3) is 0.538. The van der Waals surface area contributed by atoms with Crippen LogP contribution in [0.4, 0.5) is 11.6 Å². The number of anilines is 2. The first kappa shape index (κ1) is 12.7. The van der Waals surface area contributed by atoms with Gasteiger partial charge in [0.15, 0.2) is 0 Å². The van der Waals surface area contributed by atoms with Crippen LogP contribution in [0.1, 0.15) is 20.3 Å². The lowest BCUT2D eigenvalue weighted by molar-refractivity contribution is -0.119. The number of nitrogens with one attached hydrogen (secondary N) is 2. The first-order valence-corrected chi connectivity index (χ1v) is 6.42. The fourth-order valence-electron chi connectivity index (χ4n) is 2.25. The largest absolute Gasteiger partial charge is 0.370 e. The molecule has 1 saturated heterocycles. The Morgan fingerprint density at radius 2 is 2.39 bits per heavy atom. The summed E-state index contributed by atoms with van der Waals surface area (Å²) in [6.07, 6.45) is 0.979. The number of nitrogens with zero attached hydrogens (tertiary/aromatic N) is 2. The molecule has 5 nitrogen and oxygen atoms in total. The van der Waals surface area contributed by atoms with Crippen molar-refractivity contribution in [2.45, 2.75) is 26.3 Å². The first-order valence-electron chi connectivity index (χ1n) is 6.42. The Kier molecular flexibility index (Phi) is 4.02. The molecular weight excluding hydrogens is 228 g/mol.